The van der Waals surface area contributed by atoms with E-state index in [4.69, 9.17) is 11.5 Å². The zero-order valence-electron chi connectivity index (χ0n) is 17.9. The summed E-state index contributed by atoms with van der Waals surface area (Å²) in [6.45, 7) is 3.98. The quantitative estimate of drug-likeness (QED) is 0.233. The van der Waals surface area contributed by atoms with Crippen LogP contribution in [0.15, 0.2) is 23.2 Å². The number of carboxylic acids is 1. The number of imidazole rings is 1. The van der Waals surface area contributed by atoms with Crippen molar-refractivity contribution >= 4 is 51.3 Å². The molecule has 2 amide bonds. The monoisotopic (exact) mass is 480 g/mol. The topological polar surface area (TPSA) is 155 Å². The first-order chi connectivity index (χ1) is 15.1. The fourth-order valence-electron chi connectivity index (χ4n) is 4.74. The van der Waals surface area contributed by atoms with Gasteiger partial charge in [0.25, 0.3) is 6.33 Å². The van der Waals surface area contributed by atoms with Crippen LogP contribution in [-0.4, -0.2) is 61.7 Å². The highest BCUT2D eigenvalue weighted by atomic mass is 32.2. The number of nitrogens with two attached hydrogens (primary N) is 2. The second kappa shape index (κ2) is 8.18. The van der Waals surface area contributed by atoms with E-state index in [2.05, 4.69) is 0 Å². The standard InChI is InChI=1S/C20H25N5O5S2/c1-8-12(15(20(29)30)25-14(8)13(9(2)26)17(25)28)11-6-24-7-23(5-4-10(21)16(22)27)18(31-3)19(24)32-11/h6-10,13-14,26H,4-5,21H2,1-3H3,(H2-,22,27,29,30)/p+1/t8-,9+,10?,13+,14+/m0/s1. The summed E-state index contributed by atoms with van der Waals surface area (Å²) in [6.07, 6.45) is 5.26. The summed E-state index contributed by atoms with van der Waals surface area (Å²) in [5, 5.41) is 20.9. The Kier molecular flexibility index (Phi) is 5.82. The van der Waals surface area contributed by atoms with E-state index in [1.807, 2.05) is 34.7 Å². The van der Waals surface area contributed by atoms with Crippen molar-refractivity contribution < 1.29 is 29.2 Å². The van der Waals surface area contributed by atoms with Crippen molar-refractivity contribution in [3.05, 3.63) is 23.1 Å². The number of fused-ring (bicyclic) bond motifs is 2. The molecule has 4 rings (SSSR count). The number of nitrogens with zero attached hydrogens (tertiary/aromatic N) is 3. The van der Waals surface area contributed by atoms with Gasteiger partial charge in [0, 0.05) is 17.9 Å². The predicted molar refractivity (Wildman–Crippen MR) is 119 cm³/mol. The first-order valence-electron chi connectivity index (χ1n) is 10.2. The average Bonchev–Trinajstić information content (AvgIpc) is 3.32. The number of primary amides is 1. The highest BCUT2D eigenvalue weighted by Gasteiger charge is 2.60. The lowest BCUT2D eigenvalue weighted by Gasteiger charge is -2.46. The van der Waals surface area contributed by atoms with Crippen molar-refractivity contribution in [3.63, 3.8) is 0 Å². The van der Waals surface area contributed by atoms with Gasteiger partial charge >= 0.3 is 5.97 Å². The van der Waals surface area contributed by atoms with Crippen LogP contribution >= 0.6 is 23.1 Å². The first kappa shape index (κ1) is 22.8. The molecule has 0 aliphatic carbocycles. The molecule has 2 aliphatic heterocycles. The lowest BCUT2D eigenvalue weighted by molar-refractivity contribution is -0.730. The molecule has 10 nitrogen and oxygen atoms in total. The molecule has 2 aromatic rings. The molecular formula is C20H26N5O5S2+. The van der Waals surface area contributed by atoms with E-state index in [0.717, 1.165) is 14.7 Å². The van der Waals surface area contributed by atoms with Gasteiger partial charge in [0.05, 0.1) is 35.5 Å². The van der Waals surface area contributed by atoms with E-state index in [1.54, 1.807) is 6.92 Å². The molecule has 4 heterocycles. The van der Waals surface area contributed by atoms with Gasteiger partial charge in [-0.15, -0.1) is 0 Å². The maximum Gasteiger partial charge on any atom is 0.352 e. The smallest absolute Gasteiger partial charge is 0.352 e. The molecule has 0 saturated carbocycles. The normalized spacial score (nSPS) is 24.6. The Bertz CT molecular complexity index is 1150. The van der Waals surface area contributed by atoms with Gasteiger partial charge in [-0.3, -0.25) is 9.59 Å². The van der Waals surface area contributed by atoms with Gasteiger partial charge < -0.3 is 26.6 Å². The molecule has 1 unspecified atom stereocenters. The minimum Gasteiger partial charge on any atom is -0.477 e. The van der Waals surface area contributed by atoms with Crippen molar-refractivity contribution in [2.24, 2.45) is 23.3 Å². The van der Waals surface area contributed by atoms with E-state index < -0.39 is 29.9 Å². The lowest BCUT2D eigenvalue weighted by atomic mass is 9.77. The van der Waals surface area contributed by atoms with E-state index in [-0.39, 0.29) is 23.6 Å². The van der Waals surface area contributed by atoms with Gasteiger partial charge in [-0.2, -0.15) is 4.40 Å². The van der Waals surface area contributed by atoms with Crippen LogP contribution in [0.1, 0.15) is 25.1 Å². The minimum atomic E-state index is -1.15. The third-order valence-electron chi connectivity index (χ3n) is 6.28. The second-order valence-electron chi connectivity index (χ2n) is 8.24. The van der Waals surface area contributed by atoms with Gasteiger partial charge in [-0.1, -0.05) is 30.0 Å². The minimum absolute atomic E-state index is 0.0000807. The number of thioether (sulfide) groups is 1. The summed E-state index contributed by atoms with van der Waals surface area (Å²) in [4.78, 5) is 38.9. The van der Waals surface area contributed by atoms with Crippen LogP contribution in [0, 0.1) is 11.8 Å². The second-order valence-corrected chi connectivity index (χ2v) is 10.1. The number of carbonyl (C=O) groups excluding carboxylic acids is 2. The third kappa shape index (κ3) is 3.33. The van der Waals surface area contributed by atoms with Crippen molar-refractivity contribution in [2.45, 2.75) is 50.0 Å². The molecule has 0 bridgehead atoms. The summed E-state index contributed by atoms with van der Waals surface area (Å²) in [7, 11) is 0. The van der Waals surface area contributed by atoms with Crippen LogP contribution in [0.5, 0.6) is 0 Å². The Morgan fingerprint density at radius 2 is 2.09 bits per heavy atom. The molecule has 1 fully saturated rings. The summed E-state index contributed by atoms with van der Waals surface area (Å²) in [5.41, 5.74) is 11.6. The number of hydrogen-bond donors (Lipinski definition) is 4. The van der Waals surface area contributed by atoms with Gasteiger partial charge in [0.1, 0.15) is 11.9 Å². The van der Waals surface area contributed by atoms with Crippen LogP contribution in [0.3, 0.4) is 0 Å². The molecule has 2 aliphatic rings. The van der Waals surface area contributed by atoms with Crippen molar-refractivity contribution in [1.82, 2.24) is 9.30 Å². The van der Waals surface area contributed by atoms with Crippen molar-refractivity contribution in [2.75, 3.05) is 6.26 Å². The molecule has 5 atom stereocenters. The highest BCUT2D eigenvalue weighted by molar-refractivity contribution is 7.98. The molecule has 0 aromatic carbocycles. The maximum absolute atomic E-state index is 12.6. The van der Waals surface area contributed by atoms with E-state index in [9.17, 15) is 24.6 Å². The number of aliphatic hydroxyl groups excluding tert-OH is 1. The van der Waals surface area contributed by atoms with Gasteiger partial charge in [0.15, 0.2) is 0 Å². The summed E-state index contributed by atoms with van der Waals surface area (Å²) in [5.74, 6) is -2.86. The SMILES string of the molecule is CSc1c2sc(C3=C(C(=O)O)N4C(=O)[C@H]([C@@H](C)O)[C@H]4[C@H]3C)cn2c[n+]1CCC(N)C(N)=O. The zero-order chi connectivity index (χ0) is 23.5. The Morgan fingerprint density at radius 3 is 2.66 bits per heavy atom. The fraction of sp³-hybridized carbons (Fsp3) is 0.500. The number of aliphatic carboxylic acids is 1. The van der Waals surface area contributed by atoms with Gasteiger partial charge in [-0.05, 0) is 13.2 Å². The van der Waals surface area contributed by atoms with E-state index in [0.29, 0.717) is 18.5 Å². The number of carbonyl (C=O) groups is 3. The number of hydrogen-bond acceptors (Lipinski definition) is 7. The lowest BCUT2D eigenvalue weighted by Crippen LogP contribution is -2.63. The number of rotatable bonds is 8. The maximum atomic E-state index is 12.6. The number of amides is 2. The molecule has 2 aromatic heterocycles. The number of carboxylic acid groups (broad SMARTS) is 1. The zero-order valence-corrected chi connectivity index (χ0v) is 19.5. The Labute approximate surface area is 192 Å². The molecule has 12 heteroatoms. The molecule has 6 N–H and O–H groups in total. The average molecular weight is 481 g/mol. The fourth-order valence-corrected chi connectivity index (χ4v) is 6.94. The summed E-state index contributed by atoms with van der Waals surface area (Å²) in [6, 6.07) is -1.08. The van der Waals surface area contributed by atoms with Crippen LogP contribution in [0.2, 0.25) is 0 Å². The predicted octanol–water partition coefficient (Wildman–Crippen LogP) is -0.134. The number of aryl methyl sites for hydroxylation is 1. The van der Waals surface area contributed by atoms with E-state index in [1.165, 1.54) is 28.0 Å². The van der Waals surface area contributed by atoms with Crippen LogP contribution in [0.4, 0.5) is 0 Å². The number of aliphatic hydroxyl groups is 1. The summed E-state index contributed by atoms with van der Waals surface area (Å²) >= 11 is 2.99. The Morgan fingerprint density at radius 1 is 1.41 bits per heavy atom. The van der Waals surface area contributed by atoms with Crippen LogP contribution in [-0.2, 0) is 20.9 Å². The molecular weight excluding hydrogens is 454 g/mol. The molecule has 1 saturated heterocycles. The first-order valence-corrected chi connectivity index (χ1v) is 12.2. The molecule has 32 heavy (non-hydrogen) atoms. The van der Waals surface area contributed by atoms with Gasteiger partial charge in [-0.25, -0.2) is 9.36 Å². The largest absolute Gasteiger partial charge is 0.477 e. The summed E-state index contributed by atoms with van der Waals surface area (Å²) < 4.78 is 3.91. The number of thiazole rings is 1. The van der Waals surface area contributed by atoms with Gasteiger partial charge in [0.2, 0.25) is 21.7 Å². The van der Waals surface area contributed by atoms with Crippen molar-refractivity contribution in [1.29, 1.82) is 0 Å². The van der Waals surface area contributed by atoms with Crippen molar-refractivity contribution in [3.8, 4) is 0 Å². The van der Waals surface area contributed by atoms with Crippen LogP contribution < -0.4 is 16.0 Å². The van der Waals surface area contributed by atoms with Crippen LogP contribution in [0.25, 0.3) is 10.4 Å². The molecule has 0 radical (unpaired) electrons. The number of aromatic nitrogens is 2. The molecule has 172 valence electrons. The highest BCUT2D eigenvalue weighted by Crippen LogP contribution is 2.51. The Balaban J connectivity index is 1.72. The Hall–Kier alpha value is -2.41. The molecule has 0 spiro atoms. The number of β-lactam (4-membered cyclic amide) rings is 1. The third-order valence-corrected chi connectivity index (χ3v) is 8.37. The van der Waals surface area contributed by atoms with E-state index >= 15 is 0 Å².